The van der Waals surface area contributed by atoms with E-state index < -0.39 is 4.92 Å². The number of anilines is 1. The number of nitrogens with two attached hydrogens (primary N) is 1. The van der Waals surface area contributed by atoms with Crippen molar-refractivity contribution in [1.29, 1.82) is 0 Å². The molecule has 2 rings (SSSR count). The molecule has 0 aliphatic rings. The van der Waals surface area contributed by atoms with Crippen molar-refractivity contribution in [2.45, 2.75) is 0 Å². The number of benzene rings is 1. The van der Waals surface area contributed by atoms with E-state index >= 15 is 0 Å². The summed E-state index contributed by atoms with van der Waals surface area (Å²) in [4.78, 5) is 14.0. The van der Waals surface area contributed by atoms with Crippen molar-refractivity contribution >= 4 is 56.8 Å². The van der Waals surface area contributed by atoms with Crippen LogP contribution in [-0.4, -0.2) is 39.8 Å². The van der Waals surface area contributed by atoms with Crippen molar-refractivity contribution in [1.82, 2.24) is 4.98 Å². The minimum Gasteiger partial charge on any atom is -1.00 e. The molecule has 0 unspecified atom stereocenters. The van der Waals surface area contributed by atoms with E-state index in [9.17, 15) is 10.1 Å². The smallest absolute Gasteiger partial charge is 1.00 e. The van der Waals surface area contributed by atoms with E-state index in [1.165, 1.54) is 23.5 Å². The summed E-state index contributed by atoms with van der Waals surface area (Å²) >= 11 is 1.25. The van der Waals surface area contributed by atoms with Gasteiger partial charge in [0, 0.05) is 12.1 Å². The summed E-state index contributed by atoms with van der Waals surface area (Å²) in [5.74, 6) is 0. The maximum atomic E-state index is 10.4. The number of hydrogen-bond acceptors (Lipinski definition) is 6. The van der Waals surface area contributed by atoms with E-state index in [1.807, 2.05) is 0 Å². The van der Waals surface area contributed by atoms with E-state index in [4.69, 9.17) is 5.73 Å². The van der Waals surface area contributed by atoms with Gasteiger partial charge in [0.2, 0.25) is 0 Å². The summed E-state index contributed by atoms with van der Waals surface area (Å²) in [6, 6.07) is 4.49. The molecule has 1 heterocycles. The molecule has 2 aromatic rings. The van der Waals surface area contributed by atoms with Gasteiger partial charge in [-0.15, -0.1) is 0 Å². The quantitative estimate of drug-likeness (QED) is 0.269. The summed E-state index contributed by atoms with van der Waals surface area (Å²) in [5.41, 5.74) is 6.22. The van der Waals surface area contributed by atoms with Crippen LogP contribution in [0.3, 0.4) is 0 Å². The Morgan fingerprint density at radius 1 is 1.33 bits per heavy atom. The fourth-order valence-electron chi connectivity index (χ4n) is 1.04. The maximum Gasteiger partial charge on any atom is 3.00 e. The third-order valence-electron chi connectivity index (χ3n) is 1.60. The van der Waals surface area contributed by atoms with Gasteiger partial charge in [-0.1, -0.05) is 11.3 Å². The second kappa shape index (κ2) is 10.8. The van der Waals surface area contributed by atoms with Gasteiger partial charge in [-0.25, -0.2) is 4.98 Å². The molecule has 0 aliphatic heterocycles. The Labute approximate surface area is 144 Å². The predicted molar refractivity (Wildman–Crippen MR) is 59.5 cm³/mol. The van der Waals surface area contributed by atoms with E-state index in [2.05, 4.69) is 4.98 Å². The van der Waals surface area contributed by atoms with Crippen molar-refractivity contribution < 1.29 is 49.0 Å². The van der Waals surface area contributed by atoms with Gasteiger partial charge >= 0.3 is 25.9 Å². The Hall–Kier alpha value is -0.0418. The van der Waals surface area contributed by atoms with Gasteiger partial charge in [0.1, 0.15) is 0 Å². The SMILES string of the molecule is Nc1nc2ccc([N+](=O)[O-])cc2s1.[Cl-].[Cl-].[Cl-].[H+].[OH-].[Sb+3]. The van der Waals surface area contributed by atoms with Crippen molar-refractivity contribution in [2.24, 2.45) is 0 Å². The topological polar surface area (TPSA) is 112 Å². The molecule has 2 radical (unpaired) electrons. The molecule has 11 heteroatoms. The summed E-state index contributed by atoms with van der Waals surface area (Å²) < 4.78 is 0.742. The van der Waals surface area contributed by atoms with E-state index in [0.29, 0.717) is 10.6 Å². The number of nitrogens with zero attached hydrogens (tertiary/aromatic N) is 2. The minimum atomic E-state index is -0.435. The molecule has 0 saturated heterocycles. The second-order valence-electron chi connectivity index (χ2n) is 2.46. The summed E-state index contributed by atoms with van der Waals surface area (Å²) in [5, 5.41) is 10.8. The van der Waals surface area contributed by atoms with Crippen LogP contribution in [0.1, 0.15) is 1.43 Å². The Bertz CT molecular complexity index is 505. The molecule has 0 fully saturated rings. The number of nitrogen functional groups attached to an aromatic ring is 1. The van der Waals surface area contributed by atoms with Gasteiger partial charge in [-0.2, -0.15) is 0 Å². The van der Waals surface area contributed by atoms with Gasteiger partial charge < -0.3 is 48.4 Å². The molecule has 0 spiro atoms. The largest absolute Gasteiger partial charge is 3.00 e. The first-order valence-corrected chi connectivity index (χ1v) is 4.29. The minimum absolute atomic E-state index is 0. The number of halogens is 3. The Morgan fingerprint density at radius 3 is 2.39 bits per heavy atom. The molecule has 0 amide bonds. The molecular weight excluding hydrogens is 434 g/mol. The molecule has 1 aromatic carbocycles. The van der Waals surface area contributed by atoms with Crippen molar-refractivity contribution in [3.8, 4) is 0 Å². The fraction of sp³-hybridized carbons (Fsp3) is 0. The molecule has 3 N–H and O–H groups in total. The first kappa shape index (κ1) is 26.5. The maximum absolute atomic E-state index is 10.4. The Kier molecular flexibility index (Phi) is 16.0. The van der Waals surface area contributed by atoms with Gasteiger partial charge in [0.05, 0.1) is 15.1 Å². The van der Waals surface area contributed by atoms with Crippen LogP contribution in [0.4, 0.5) is 10.8 Å². The standard InChI is InChI=1S/C7H5N3O2S.3ClH.H2O.Sb/c8-7-9-5-2-1-4(10(11)12)3-6(5)13-7;;;;;/h1-3H,(H2,8,9);3*1H;1H2;/q;;;;;+3/p-3. The Balaban J connectivity index is -0.000000109. The third-order valence-corrected chi connectivity index (χ3v) is 2.45. The van der Waals surface area contributed by atoms with Crippen LogP contribution in [0.5, 0.6) is 0 Å². The predicted octanol–water partition coefficient (Wildman–Crippen LogP) is -7.65. The molecule has 0 atom stereocenters. The van der Waals surface area contributed by atoms with Crippen LogP contribution in [-0.2, 0) is 0 Å². The Morgan fingerprint density at radius 2 is 1.89 bits per heavy atom. The van der Waals surface area contributed by atoms with E-state index in [-0.39, 0.29) is 74.2 Å². The van der Waals surface area contributed by atoms with Gasteiger partial charge in [-0.3, -0.25) is 10.1 Å². The molecule has 1 aromatic heterocycles. The molecule has 18 heavy (non-hydrogen) atoms. The summed E-state index contributed by atoms with van der Waals surface area (Å²) in [6.07, 6.45) is 0. The zero-order valence-corrected chi connectivity index (χ0v) is 14.1. The zero-order valence-electron chi connectivity index (χ0n) is 9.46. The first-order valence-electron chi connectivity index (χ1n) is 3.47. The van der Waals surface area contributed by atoms with Crippen molar-refractivity contribution in [2.75, 3.05) is 5.73 Å². The summed E-state index contributed by atoms with van der Waals surface area (Å²) in [7, 11) is 0. The van der Waals surface area contributed by atoms with E-state index in [1.54, 1.807) is 6.07 Å². The molecule has 100 valence electrons. The summed E-state index contributed by atoms with van der Waals surface area (Å²) in [6.45, 7) is 0. The molecule has 6 nitrogen and oxygen atoms in total. The third kappa shape index (κ3) is 5.73. The fourth-order valence-corrected chi connectivity index (χ4v) is 1.81. The number of nitro benzene ring substituents is 1. The van der Waals surface area contributed by atoms with Crippen LogP contribution in [0.25, 0.3) is 10.2 Å². The van der Waals surface area contributed by atoms with Gasteiger partial charge in [0.25, 0.3) is 5.69 Å². The number of thiazole rings is 1. The van der Waals surface area contributed by atoms with Gasteiger partial charge in [0.15, 0.2) is 5.13 Å². The van der Waals surface area contributed by atoms with Gasteiger partial charge in [-0.05, 0) is 6.07 Å². The number of nitro groups is 1. The number of rotatable bonds is 1. The van der Waals surface area contributed by atoms with Crippen LogP contribution < -0.4 is 43.0 Å². The molecule has 0 bridgehead atoms. The zero-order chi connectivity index (χ0) is 9.42. The van der Waals surface area contributed by atoms with Crippen LogP contribution in [0, 0.1) is 10.1 Å². The van der Waals surface area contributed by atoms with E-state index in [0.717, 1.165) is 4.70 Å². The first-order chi connectivity index (χ1) is 6.16. The monoisotopic (exact) mass is 439 g/mol. The molecule has 0 aliphatic carbocycles. The number of aromatic nitrogens is 1. The second-order valence-corrected chi connectivity index (χ2v) is 3.52. The van der Waals surface area contributed by atoms with Crippen molar-refractivity contribution in [3.63, 3.8) is 0 Å². The number of fused-ring (bicyclic) bond motifs is 1. The number of hydrogen-bond donors (Lipinski definition) is 1. The normalized spacial score (nSPS) is 7.56. The van der Waals surface area contributed by atoms with Crippen LogP contribution in [0.2, 0.25) is 0 Å². The van der Waals surface area contributed by atoms with Crippen LogP contribution >= 0.6 is 11.3 Å². The van der Waals surface area contributed by atoms with Crippen LogP contribution in [0.15, 0.2) is 18.2 Å². The van der Waals surface area contributed by atoms with Crippen molar-refractivity contribution in [3.05, 3.63) is 28.3 Å². The number of non-ortho nitro benzene ring substituents is 1. The average Bonchev–Trinajstić information content (AvgIpc) is 2.42. The average molecular weight is 441 g/mol. The molecular formula is C7H7Cl3N3O3SSb. The molecule has 0 saturated carbocycles.